The van der Waals surface area contributed by atoms with Gasteiger partial charge in [0, 0.05) is 22.2 Å². The first-order valence-corrected chi connectivity index (χ1v) is 8.61. The molecule has 0 bridgehead atoms. The Morgan fingerprint density at radius 2 is 0.968 bits per heavy atom. The minimum atomic E-state index is -0.437. The van der Waals surface area contributed by atoms with Crippen molar-refractivity contribution in [2.75, 3.05) is 0 Å². The third-order valence-corrected chi connectivity index (χ3v) is 3.42. The maximum absolute atomic E-state index is 9.99. The molecule has 9 heteroatoms. The molecule has 2 aromatic heterocycles. The number of nitrogens with zero attached hydrogens (tertiary/aromatic N) is 4. The quantitative estimate of drug-likeness (QED) is 0.186. The third-order valence-electron chi connectivity index (χ3n) is 3.42. The number of hydrogen-bond donors (Lipinski definition) is 0. The topological polar surface area (TPSA) is 112 Å². The van der Waals surface area contributed by atoms with Crippen molar-refractivity contribution in [1.29, 1.82) is 0 Å². The van der Waals surface area contributed by atoms with Crippen molar-refractivity contribution in [2.24, 2.45) is 0 Å². The van der Waals surface area contributed by atoms with E-state index in [2.05, 4.69) is 22.1 Å². The summed E-state index contributed by atoms with van der Waals surface area (Å²) in [5, 5.41) is 20.0. The molecule has 0 radical (unpaired) electrons. The van der Waals surface area contributed by atoms with E-state index >= 15 is 0 Å². The summed E-state index contributed by atoms with van der Waals surface area (Å²) in [6.45, 7) is 0. The molecule has 0 aliphatic rings. The normalized spacial score (nSPS) is 8.90. The van der Waals surface area contributed by atoms with Gasteiger partial charge >= 0.3 is 16.5 Å². The largest absolute Gasteiger partial charge is 2.00 e. The Morgan fingerprint density at radius 3 is 1.19 bits per heavy atom. The monoisotopic (exact) mass is 458 g/mol. The molecule has 2 aromatic carbocycles. The summed E-state index contributed by atoms with van der Waals surface area (Å²) >= 11 is 0. The number of aromatic nitrogens is 2. The SMILES string of the molecule is O=[N+]([O-])c1cc[c-]cc1.O=[N+]([O-])c1cc[c-]cc1.[Ni+2].c1ccc(-c2ccccn2)nc1. The zero-order valence-electron chi connectivity index (χ0n) is 16.0. The molecular weight excluding hydrogens is 443 g/mol. The molecule has 31 heavy (non-hydrogen) atoms. The zero-order chi connectivity index (χ0) is 21.6. The molecule has 0 atom stereocenters. The van der Waals surface area contributed by atoms with Gasteiger partial charge < -0.3 is 0 Å². The molecule has 0 N–H and O–H groups in total. The van der Waals surface area contributed by atoms with Crippen molar-refractivity contribution in [3.05, 3.63) is 130 Å². The molecule has 0 fully saturated rings. The van der Waals surface area contributed by atoms with Gasteiger partial charge in [0.15, 0.2) is 11.4 Å². The van der Waals surface area contributed by atoms with Crippen LogP contribution in [0, 0.1) is 32.4 Å². The Kier molecular flexibility index (Phi) is 11.4. The fraction of sp³-hybridized carbons (Fsp3) is 0. The summed E-state index contributed by atoms with van der Waals surface area (Å²) in [5.74, 6) is 0. The van der Waals surface area contributed by atoms with Gasteiger partial charge in [0.25, 0.3) is 0 Å². The minimum Gasteiger partial charge on any atom is -0.260 e. The average molecular weight is 459 g/mol. The summed E-state index contributed by atoms with van der Waals surface area (Å²) in [7, 11) is 0. The van der Waals surface area contributed by atoms with E-state index < -0.39 is 9.85 Å². The van der Waals surface area contributed by atoms with Gasteiger partial charge in [0.2, 0.25) is 0 Å². The molecule has 0 amide bonds. The molecule has 0 saturated heterocycles. The summed E-state index contributed by atoms with van der Waals surface area (Å²) in [4.78, 5) is 27.5. The van der Waals surface area contributed by atoms with E-state index in [1.165, 1.54) is 48.5 Å². The predicted octanol–water partition coefficient (Wildman–Crippen LogP) is 4.93. The van der Waals surface area contributed by atoms with E-state index in [4.69, 9.17) is 0 Å². The molecule has 0 aliphatic carbocycles. The molecule has 158 valence electrons. The molecule has 2 heterocycles. The summed E-state index contributed by atoms with van der Waals surface area (Å²) < 4.78 is 0. The van der Waals surface area contributed by atoms with Crippen molar-refractivity contribution in [3.8, 4) is 11.4 Å². The van der Waals surface area contributed by atoms with E-state index in [1.54, 1.807) is 12.4 Å². The van der Waals surface area contributed by atoms with Crippen molar-refractivity contribution in [2.45, 2.75) is 0 Å². The molecule has 0 aliphatic heterocycles. The van der Waals surface area contributed by atoms with Gasteiger partial charge in [-0.15, -0.1) is 0 Å². The Balaban J connectivity index is 0.000000233. The van der Waals surface area contributed by atoms with E-state index in [9.17, 15) is 20.2 Å². The zero-order valence-corrected chi connectivity index (χ0v) is 17.0. The molecule has 0 spiro atoms. The summed E-state index contributed by atoms with van der Waals surface area (Å²) in [5.41, 5.74) is 2.04. The fourth-order valence-electron chi connectivity index (χ4n) is 2.03. The Morgan fingerprint density at radius 1 is 0.613 bits per heavy atom. The molecule has 8 nitrogen and oxygen atoms in total. The van der Waals surface area contributed by atoms with Crippen LogP contribution in [0.1, 0.15) is 0 Å². The molecule has 0 saturated carbocycles. The fourth-order valence-corrected chi connectivity index (χ4v) is 2.03. The van der Waals surface area contributed by atoms with Gasteiger partial charge in [-0.25, -0.2) is 0 Å². The maximum atomic E-state index is 9.99. The number of nitro groups is 2. The second kappa shape index (κ2) is 14.1. The van der Waals surface area contributed by atoms with Gasteiger partial charge in [-0.05, 0) is 24.3 Å². The van der Waals surface area contributed by atoms with Crippen LogP contribution in [0.4, 0.5) is 11.4 Å². The van der Waals surface area contributed by atoms with Crippen LogP contribution in [-0.2, 0) is 16.5 Å². The van der Waals surface area contributed by atoms with Crippen molar-refractivity contribution >= 4 is 11.4 Å². The third kappa shape index (κ3) is 9.38. The molecule has 4 aromatic rings. The van der Waals surface area contributed by atoms with Gasteiger partial charge in [-0.2, -0.15) is 36.4 Å². The van der Waals surface area contributed by atoms with Crippen LogP contribution in [0.5, 0.6) is 0 Å². The van der Waals surface area contributed by atoms with E-state index in [0.29, 0.717) is 0 Å². The van der Waals surface area contributed by atoms with Gasteiger partial charge in [0.1, 0.15) is 0 Å². The Labute approximate surface area is 188 Å². The number of non-ortho nitro benzene ring substituents is 2. The molecule has 4 rings (SSSR count). The van der Waals surface area contributed by atoms with Crippen LogP contribution in [-0.4, -0.2) is 19.8 Å². The number of nitro benzene ring substituents is 2. The predicted molar refractivity (Wildman–Crippen MR) is 111 cm³/mol. The molecular formula is C22H16N4NiO4. The van der Waals surface area contributed by atoms with Crippen molar-refractivity contribution < 1.29 is 26.3 Å². The first kappa shape index (κ1) is 25.1. The van der Waals surface area contributed by atoms with Crippen LogP contribution >= 0.6 is 0 Å². The van der Waals surface area contributed by atoms with Crippen LogP contribution in [0.15, 0.2) is 97.3 Å². The van der Waals surface area contributed by atoms with Crippen LogP contribution in [0.3, 0.4) is 0 Å². The van der Waals surface area contributed by atoms with Crippen LogP contribution in [0.25, 0.3) is 11.4 Å². The average Bonchev–Trinajstić information content (AvgIpc) is 2.82. The molecule has 0 unspecified atom stereocenters. The summed E-state index contributed by atoms with van der Waals surface area (Å²) in [6.07, 6.45) is 3.54. The number of benzene rings is 2. The second-order valence-electron chi connectivity index (χ2n) is 5.46. The maximum Gasteiger partial charge on any atom is 2.00 e. The Hall–Kier alpha value is -3.97. The van der Waals surface area contributed by atoms with Gasteiger partial charge in [0.05, 0.1) is 11.4 Å². The smallest absolute Gasteiger partial charge is 0.260 e. The second-order valence-corrected chi connectivity index (χ2v) is 5.46. The van der Waals surface area contributed by atoms with Crippen molar-refractivity contribution in [3.63, 3.8) is 0 Å². The van der Waals surface area contributed by atoms with Gasteiger partial charge in [-0.3, -0.25) is 30.2 Å². The first-order chi connectivity index (χ1) is 14.6. The van der Waals surface area contributed by atoms with E-state index in [1.807, 2.05) is 36.4 Å². The first-order valence-electron chi connectivity index (χ1n) is 8.61. The van der Waals surface area contributed by atoms with Crippen LogP contribution < -0.4 is 0 Å². The minimum absolute atomic E-state index is 0. The Bertz CT molecular complexity index is 951. The summed E-state index contributed by atoms with van der Waals surface area (Å²) in [6, 6.07) is 28.6. The standard InChI is InChI=1S/C10H8N2.2C6H4NO2.Ni/c1-3-7-11-9(5-1)10-6-2-4-8-12-10;2*8-7(9)6-4-2-1-3-5-6;/h1-8H;2*2-5H;/q;2*-1;+2. The van der Waals surface area contributed by atoms with E-state index in [0.717, 1.165) is 11.4 Å². The number of hydrogen-bond acceptors (Lipinski definition) is 6. The van der Waals surface area contributed by atoms with Crippen LogP contribution in [0.2, 0.25) is 0 Å². The number of pyridine rings is 2. The van der Waals surface area contributed by atoms with E-state index in [-0.39, 0.29) is 27.9 Å². The van der Waals surface area contributed by atoms with Crippen molar-refractivity contribution in [1.82, 2.24) is 9.97 Å². The number of rotatable bonds is 3. The van der Waals surface area contributed by atoms with Gasteiger partial charge in [-0.1, -0.05) is 36.4 Å².